The SMILES string of the molecule is COc1cc(OC)cc(-c2ccc3c(c2)C(=O)c2cc(OC)c(-n4cnc(C)c4)cc2-3)c1. The topological polar surface area (TPSA) is 62.6 Å². The van der Waals surface area contributed by atoms with Crippen LogP contribution in [0.1, 0.15) is 21.6 Å². The van der Waals surface area contributed by atoms with Gasteiger partial charge < -0.3 is 18.8 Å². The number of imidazole rings is 1. The molecule has 0 unspecified atom stereocenters. The van der Waals surface area contributed by atoms with Gasteiger partial charge in [-0.05, 0) is 59.5 Å². The van der Waals surface area contributed by atoms with Crippen molar-refractivity contribution < 1.29 is 19.0 Å². The summed E-state index contributed by atoms with van der Waals surface area (Å²) < 4.78 is 18.3. The third kappa shape index (κ3) is 3.12. The van der Waals surface area contributed by atoms with E-state index in [2.05, 4.69) is 4.98 Å². The van der Waals surface area contributed by atoms with E-state index in [9.17, 15) is 4.79 Å². The maximum atomic E-state index is 13.3. The minimum absolute atomic E-state index is 0.0154. The molecule has 160 valence electrons. The number of benzene rings is 3. The van der Waals surface area contributed by atoms with Gasteiger partial charge in [0.05, 0.1) is 39.0 Å². The summed E-state index contributed by atoms with van der Waals surface area (Å²) in [4.78, 5) is 17.6. The Morgan fingerprint density at radius 1 is 0.750 bits per heavy atom. The molecule has 6 nitrogen and oxygen atoms in total. The van der Waals surface area contributed by atoms with Crippen LogP contribution in [0, 0.1) is 6.92 Å². The first-order chi connectivity index (χ1) is 15.5. The Labute approximate surface area is 186 Å². The van der Waals surface area contributed by atoms with Gasteiger partial charge in [-0.15, -0.1) is 0 Å². The van der Waals surface area contributed by atoms with Gasteiger partial charge in [0.2, 0.25) is 0 Å². The molecule has 0 saturated carbocycles. The maximum absolute atomic E-state index is 13.3. The molecule has 1 heterocycles. The number of fused-ring (bicyclic) bond motifs is 3. The number of ether oxygens (including phenoxy) is 3. The van der Waals surface area contributed by atoms with E-state index in [1.54, 1.807) is 27.7 Å². The quantitative estimate of drug-likeness (QED) is 0.392. The first-order valence-corrected chi connectivity index (χ1v) is 10.2. The van der Waals surface area contributed by atoms with Gasteiger partial charge in [0.1, 0.15) is 17.2 Å². The summed E-state index contributed by atoms with van der Waals surface area (Å²) in [6.45, 7) is 1.93. The van der Waals surface area contributed by atoms with Gasteiger partial charge in [0, 0.05) is 23.4 Å². The fourth-order valence-electron chi connectivity index (χ4n) is 4.16. The molecule has 0 spiro atoms. The van der Waals surface area contributed by atoms with Gasteiger partial charge in [-0.2, -0.15) is 0 Å². The van der Waals surface area contributed by atoms with E-state index in [1.807, 2.05) is 66.2 Å². The van der Waals surface area contributed by atoms with Crippen LogP contribution >= 0.6 is 0 Å². The van der Waals surface area contributed by atoms with Crippen molar-refractivity contribution in [3.05, 3.63) is 77.9 Å². The number of nitrogens with zero attached hydrogens (tertiary/aromatic N) is 2. The first kappa shape index (κ1) is 19.9. The molecule has 1 aliphatic carbocycles. The Balaban J connectivity index is 1.64. The zero-order chi connectivity index (χ0) is 22.4. The van der Waals surface area contributed by atoms with Crippen molar-refractivity contribution >= 4 is 5.78 Å². The molecular formula is C26H22N2O4. The summed E-state index contributed by atoms with van der Waals surface area (Å²) >= 11 is 0. The highest BCUT2D eigenvalue weighted by Crippen LogP contribution is 2.43. The third-order valence-electron chi connectivity index (χ3n) is 5.79. The number of rotatable bonds is 5. The number of aromatic nitrogens is 2. The fraction of sp³-hybridized carbons (Fsp3) is 0.154. The second kappa shape index (κ2) is 7.57. The lowest BCUT2D eigenvalue weighted by atomic mass is 9.98. The fourth-order valence-corrected chi connectivity index (χ4v) is 4.16. The lowest BCUT2D eigenvalue weighted by Crippen LogP contribution is -2.00. The minimum atomic E-state index is -0.0154. The number of hydrogen-bond donors (Lipinski definition) is 0. The van der Waals surface area contributed by atoms with Crippen LogP contribution in [0.5, 0.6) is 17.2 Å². The van der Waals surface area contributed by atoms with E-state index in [1.165, 1.54) is 0 Å². The molecule has 0 radical (unpaired) electrons. The highest BCUT2D eigenvalue weighted by atomic mass is 16.5. The van der Waals surface area contributed by atoms with E-state index >= 15 is 0 Å². The zero-order valence-corrected chi connectivity index (χ0v) is 18.3. The second-order valence-corrected chi connectivity index (χ2v) is 7.68. The Kier molecular flexibility index (Phi) is 4.70. The van der Waals surface area contributed by atoms with Gasteiger partial charge in [-0.3, -0.25) is 4.79 Å². The van der Waals surface area contributed by atoms with Crippen molar-refractivity contribution in [3.63, 3.8) is 0 Å². The van der Waals surface area contributed by atoms with Crippen LogP contribution in [0.3, 0.4) is 0 Å². The summed E-state index contributed by atoms with van der Waals surface area (Å²) in [7, 11) is 4.85. The van der Waals surface area contributed by atoms with E-state index in [-0.39, 0.29) is 5.78 Å². The molecule has 1 aliphatic rings. The predicted octanol–water partition coefficient (Wildman–Crippen LogP) is 5.08. The molecule has 32 heavy (non-hydrogen) atoms. The van der Waals surface area contributed by atoms with Crippen LogP contribution in [-0.2, 0) is 0 Å². The summed E-state index contributed by atoms with van der Waals surface area (Å²) in [5, 5.41) is 0. The molecule has 1 aromatic heterocycles. The first-order valence-electron chi connectivity index (χ1n) is 10.2. The molecule has 0 fully saturated rings. The van der Waals surface area contributed by atoms with Crippen molar-refractivity contribution in [2.24, 2.45) is 0 Å². The van der Waals surface area contributed by atoms with E-state index in [0.717, 1.165) is 33.6 Å². The van der Waals surface area contributed by atoms with Crippen LogP contribution in [0.2, 0.25) is 0 Å². The largest absolute Gasteiger partial charge is 0.497 e. The molecule has 4 aromatic rings. The number of carbonyl (C=O) groups excluding carboxylic acids is 1. The molecule has 3 aromatic carbocycles. The molecule has 0 saturated heterocycles. The van der Waals surface area contributed by atoms with E-state index in [4.69, 9.17) is 14.2 Å². The maximum Gasteiger partial charge on any atom is 0.194 e. The Bertz CT molecular complexity index is 1350. The Hall–Kier alpha value is -4.06. The molecule has 0 atom stereocenters. The van der Waals surface area contributed by atoms with Crippen molar-refractivity contribution in [2.45, 2.75) is 6.92 Å². The molecule has 0 bridgehead atoms. The highest BCUT2D eigenvalue weighted by Gasteiger charge is 2.29. The number of aryl methyl sites for hydroxylation is 1. The summed E-state index contributed by atoms with van der Waals surface area (Å²) in [5.41, 5.74) is 6.68. The molecular weight excluding hydrogens is 404 g/mol. The Morgan fingerprint density at radius 3 is 2.09 bits per heavy atom. The Morgan fingerprint density at radius 2 is 1.47 bits per heavy atom. The molecule has 0 amide bonds. The van der Waals surface area contributed by atoms with Crippen molar-refractivity contribution in [3.8, 4) is 45.2 Å². The van der Waals surface area contributed by atoms with Gasteiger partial charge in [0.15, 0.2) is 5.78 Å². The smallest absolute Gasteiger partial charge is 0.194 e. The molecule has 0 N–H and O–H groups in total. The average molecular weight is 426 g/mol. The third-order valence-corrected chi connectivity index (χ3v) is 5.79. The normalized spacial score (nSPS) is 11.8. The molecule has 6 heteroatoms. The average Bonchev–Trinajstić information content (AvgIpc) is 3.38. The lowest BCUT2D eigenvalue weighted by molar-refractivity contribution is 0.104. The number of ketones is 1. The second-order valence-electron chi connectivity index (χ2n) is 7.68. The highest BCUT2D eigenvalue weighted by molar-refractivity contribution is 6.22. The van der Waals surface area contributed by atoms with Gasteiger partial charge >= 0.3 is 0 Å². The van der Waals surface area contributed by atoms with Crippen molar-refractivity contribution in [1.29, 1.82) is 0 Å². The van der Waals surface area contributed by atoms with Crippen LogP contribution in [0.25, 0.3) is 27.9 Å². The van der Waals surface area contributed by atoms with Crippen molar-refractivity contribution in [2.75, 3.05) is 21.3 Å². The predicted molar refractivity (Wildman–Crippen MR) is 122 cm³/mol. The summed E-state index contributed by atoms with van der Waals surface area (Å²) in [6.07, 6.45) is 3.68. The van der Waals surface area contributed by atoms with Crippen LogP contribution in [0.15, 0.2) is 61.1 Å². The summed E-state index contributed by atoms with van der Waals surface area (Å²) in [5.74, 6) is 2.00. The van der Waals surface area contributed by atoms with Gasteiger partial charge in [-0.1, -0.05) is 12.1 Å². The number of carbonyl (C=O) groups is 1. The van der Waals surface area contributed by atoms with Gasteiger partial charge in [-0.25, -0.2) is 4.98 Å². The van der Waals surface area contributed by atoms with Crippen LogP contribution < -0.4 is 14.2 Å². The van der Waals surface area contributed by atoms with Gasteiger partial charge in [0.25, 0.3) is 0 Å². The minimum Gasteiger partial charge on any atom is -0.497 e. The van der Waals surface area contributed by atoms with E-state index < -0.39 is 0 Å². The van der Waals surface area contributed by atoms with Crippen molar-refractivity contribution in [1.82, 2.24) is 9.55 Å². The lowest BCUT2D eigenvalue weighted by Gasteiger charge is -2.12. The number of methoxy groups -OCH3 is 3. The van der Waals surface area contributed by atoms with Crippen LogP contribution in [-0.4, -0.2) is 36.7 Å². The van der Waals surface area contributed by atoms with E-state index in [0.29, 0.717) is 28.4 Å². The zero-order valence-electron chi connectivity index (χ0n) is 18.3. The monoisotopic (exact) mass is 426 g/mol. The standard InChI is InChI=1S/C26H22N2O4/c1-15-13-28(14-27-15)24-11-21-20-6-5-16(17-7-18(30-2)10-19(8-17)31-3)9-22(20)26(29)23(21)12-25(24)32-4/h5-14H,1-4H3. The molecule has 0 aliphatic heterocycles. The molecule has 5 rings (SSSR count). The van der Waals surface area contributed by atoms with Crippen LogP contribution in [0.4, 0.5) is 0 Å². The summed E-state index contributed by atoms with van der Waals surface area (Å²) in [6, 6.07) is 15.4. The number of hydrogen-bond acceptors (Lipinski definition) is 5.